The summed E-state index contributed by atoms with van der Waals surface area (Å²) in [7, 11) is 0. The SMILES string of the molecule is CC(=O)N(c1nc(COC(=O)C2(c3ccc(Cl)cc3)CCCC2)cs1)c1ccccc1F. The second kappa shape index (κ2) is 9.38. The molecule has 0 bridgehead atoms. The van der Waals surface area contributed by atoms with E-state index < -0.39 is 11.2 Å². The molecule has 1 saturated carbocycles. The number of benzene rings is 2. The molecule has 0 atom stereocenters. The minimum absolute atomic E-state index is 0.0201. The van der Waals surface area contributed by atoms with Gasteiger partial charge in [0, 0.05) is 17.3 Å². The molecule has 0 aliphatic heterocycles. The van der Waals surface area contributed by atoms with Gasteiger partial charge in [0.05, 0.1) is 16.8 Å². The number of amides is 1. The molecule has 1 aromatic heterocycles. The predicted octanol–water partition coefficient (Wildman–Crippen LogP) is 6.18. The van der Waals surface area contributed by atoms with E-state index in [0.717, 1.165) is 31.2 Å². The number of anilines is 2. The maximum Gasteiger partial charge on any atom is 0.316 e. The normalized spacial score (nSPS) is 14.8. The van der Waals surface area contributed by atoms with Crippen LogP contribution in [0.4, 0.5) is 15.2 Å². The smallest absolute Gasteiger partial charge is 0.316 e. The number of nitrogens with zero attached hydrogens (tertiary/aromatic N) is 2. The first-order valence-electron chi connectivity index (χ1n) is 10.3. The molecule has 1 amide bonds. The van der Waals surface area contributed by atoms with Crippen molar-refractivity contribution in [1.29, 1.82) is 0 Å². The largest absolute Gasteiger partial charge is 0.458 e. The molecular weight excluding hydrogens is 451 g/mol. The summed E-state index contributed by atoms with van der Waals surface area (Å²) in [6, 6.07) is 13.4. The van der Waals surface area contributed by atoms with Gasteiger partial charge in [0.2, 0.25) is 5.91 Å². The van der Waals surface area contributed by atoms with Crippen LogP contribution in [0.2, 0.25) is 5.02 Å². The molecule has 1 heterocycles. The van der Waals surface area contributed by atoms with E-state index in [1.54, 1.807) is 29.6 Å². The van der Waals surface area contributed by atoms with E-state index >= 15 is 0 Å². The van der Waals surface area contributed by atoms with Gasteiger partial charge >= 0.3 is 5.97 Å². The van der Waals surface area contributed by atoms with Gasteiger partial charge < -0.3 is 4.74 Å². The summed E-state index contributed by atoms with van der Waals surface area (Å²) in [6.45, 7) is 1.33. The molecule has 1 fully saturated rings. The number of halogens is 2. The molecule has 32 heavy (non-hydrogen) atoms. The molecular formula is C24H22ClFN2O3S. The summed E-state index contributed by atoms with van der Waals surface area (Å²) in [5.41, 5.74) is 0.864. The van der Waals surface area contributed by atoms with E-state index in [9.17, 15) is 14.0 Å². The number of rotatable bonds is 6. The summed E-state index contributed by atoms with van der Waals surface area (Å²) in [5, 5.41) is 2.65. The van der Waals surface area contributed by atoms with Crippen molar-refractivity contribution < 1.29 is 18.7 Å². The van der Waals surface area contributed by atoms with Crippen molar-refractivity contribution in [2.75, 3.05) is 4.90 Å². The number of aromatic nitrogens is 1. The summed E-state index contributed by atoms with van der Waals surface area (Å²) in [5.74, 6) is -1.16. The van der Waals surface area contributed by atoms with Crippen molar-refractivity contribution in [1.82, 2.24) is 4.98 Å². The number of carbonyl (C=O) groups excluding carboxylic acids is 2. The van der Waals surface area contributed by atoms with Crippen molar-refractivity contribution in [3.8, 4) is 0 Å². The van der Waals surface area contributed by atoms with Crippen LogP contribution in [0.1, 0.15) is 43.9 Å². The van der Waals surface area contributed by atoms with Crippen LogP contribution in [0.15, 0.2) is 53.9 Å². The molecule has 8 heteroatoms. The molecule has 0 unspecified atom stereocenters. The van der Waals surface area contributed by atoms with Crippen LogP contribution in [0.25, 0.3) is 0 Å². The number of ether oxygens (including phenoxy) is 1. The Morgan fingerprint density at radius 3 is 2.50 bits per heavy atom. The summed E-state index contributed by atoms with van der Waals surface area (Å²) < 4.78 is 19.9. The first-order valence-corrected chi connectivity index (χ1v) is 11.6. The number of hydrogen-bond acceptors (Lipinski definition) is 5. The lowest BCUT2D eigenvalue weighted by atomic mass is 9.79. The summed E-state index contributed by atoms with van der Waals surface area (Å²) >= 11 is 7.21. The Labute approximate surface area is 194 Å². The zero-order valence-electron chi connectivity index (χ0n) is 17.5. The number of thiazole rings is 1. The van der Waals surface area contributed by atoms with E-state index in [2.05, 4.69) is 4.98 Å². The van der Waals surface area contributed by atoms with Crippen LogP contribution < -0.4 is 4.90 Å². The minimum Gasteiger partial charge on any atom is -0.458 e. The number of hydrogen-bond donors (Lipinski definition) is 0. The molecule has 0 radical (unpaired) electrons. The minimum atomic E-state index is -0.679. The monoisotopic (exact) mass is 472 g/mol. The highest BCUT2D eigenvalue weighted by Gasteiger charge is 2.44. The van der Waals surface area contributed by atoms with Crippen LogP contribution in [0.3, 0.4) is 0 Å². The van der Waals surface area contributed by atoms with Gasteiger partial charge in [0.15, 0.2) is 5.13 Å². The maximum atomic E-state index is 14.3. The molecule has 1 aliphatic rings. The zero-order valence-corrected chi connectivity index (χ0v) is 19.1. The van der Waals surface area contributed by atoms with E-state index in [1.165, 1.54) is 35.3 Å². The first kappa shape index (κ1) is 22.4. The van der Waals surface area contributed by atoms with E-state index in [4.69, 9.17) is 16.3 Å². The standard InChI is InChI=1S/C24H22ClFN2O3S/c1-16(29)28(21-7-3-2-6-20(21)26)23-27-19(15-32-23)14-31-22(30)24(12-4-5-13-24)17-8-10-18(25)11-9-17/h2-3,6-11,15H,4-5,12-14H2,1H3. The predicted molar refractivity (Wildman–Crippen MR) is 123 cm³/mol. The second-order valence-corrected chi connectivity index (χ2v) is 9.07. The van der Waals surface area contributed by atoms with Crippen LogP contribution in [0.5, 0.6) is 0 Å². The Bertz CT molecular complexity index is 1130. The molecule has 1 aliphatic carbocycles. The van der Waals surface area contributed by atoms with Crippen LogP contribution >= 0.6 is 22.9 Å². The Kier molecular flexibility index (Phi) is 6.58. The third-order valence-corrected chi connectivity index (χ3v) is 6.86. The first-order chi connectivity index (χ1) is 15.4. The Hall–Kier alpha value is -2.77. The lowest BCUT2D eigenvalue weighted by Crippen LogP contribution is -2.34. The van der Waals surface area contributed by atoms with Gasteiger partial charge in [-0.1, -0.05) is 48.7 Å². The topological polar surface area (TPSA) is 59.5 Å². The highest BCUT2D eigenvalue weighted by molar-refractivity contribution is 7.14. The fourth-order valence-corrected chi connectivity index (χ4v) is 5.13. The van der Waals surface area contributed by atoms with Crippen molar-refractivity contribution >= 4 is 45.6 Å². The van der Waals surface area contributed by atoms with Crippen LogP contribution in [0, 0.1) is 5.82 Å². The van der Waals surface area contributed by atoms with Gasteiger partial charge in [-0.05, 0) is 42.7 Å². The maximum absolute atomic E-state index is 14.3. The number of esters is 1. The summed E-state index contributed by atoms with van der Waals surface area (Å²) in [4.78, 5) is 31.0. The molecule has 5 nitrogen and oxygen atoms in total. The number of para-hydroxylation sites is 1. The van der Waals surface area contributed by atoms with Crippen molar-refractivity contribution in [2.45, 2.75) is 44.6 Å². The van der Waals surface area contributed by atoms with E-state index in [1.807, 2.05) is 12.1 Å². The fraction of sp³-hybridized carbons (Fsp3) is 0.292. The lowest BCUT2D eigenvalue weighted by molar-refractivity contribution is -0.152. The average Bonchev–Trinajstić information content (AvgIpc) is 3.45. The third-order valence-electron chi connectivity index (χ3n) is 5.73. The van der Waals surface area contributed by atoms with Crippen molar-refractivity contribution in [2.24, 2.45) is 0 Å². The molecule has 2 aromatic carbocycles. The van der Waals surface area contributed by atoms with Gasteiger partial charge in [-0.3, -0.25) is 14.5 Å². The average molecular weight is 473 g/mol. The zero-order chi connectivity index (χ0) is 22.7. The molecule has 4 rings (SSSR count). The Morgan fingerprint density at radius 1 is 1.16 bits per heavy atom. The molecule has 0 saturated heterocycles. The van der Waals surface area contributed by atoms with Gasteiger partial charge in [0.25, 0.3) is 0 Å². The Morgan fingerprint density at radius 2 is 1.84 bits per heavy atom. The van der Waals surface area contributed by atoms with Crippen molar-refractivity contribution in [3.05, 3.63) is 76.0 Å². The van der Waals surface area contributed by atoms with E-state index in [0.29, 0.717) is 15.8 Å². The highest BCUT2D eigenvalue weighted by atomic mass is 35.5. The number of carbonyl (C=O) groups is 2. The van der Waals surface area contributed by atoms with Crippen LogP contribution in [-0.2, 0) is 26.3 Å². The van der Waals surface area contributed by atoms with Crippen molar-refractivity contribution in [3.63, 3.8) is 0 Å². The van der Waals surface area contributed by atoms with Gasteiger partial charge in [-0.2, -0.15) is 0 Å². The molecule has 166 valence electrons. The molecule has 3 aromatic rings. The van der Waals surface area contributed by atoms with E-state index in [-0.39, 0.29) is 24.2 Å². The Balaban J connectivity index is 1.51. The fourth-order valence-electron chi connectivity index (χ4n) is 4.14. The summed E-state index contributed by atoms with van der Waals surface area (Å²) in [6.07, 6.45) is 3.35. The highest BCUT2D eigenvalue weighted by Crippen LogP contribution is 2.42. The molecule has 0 N–H and O–H groups in total. The van der Waals surface area contributed by atoms with Gasteiger partial charge in [-0.15, -0.1) is 11.3 Å². The quantitative estimate of drug-likeness (QED) is 0.402. The van der Waals surface area contributed by atoms with Gasteiger partial charge in [0.1, 0.15) is 12.4 Å². The molecule has 0 spiro atoms. The second-order valence-electron chi connectivity index (χ2n) is 7.80. The van der Waals surface area contributed by atoms with Gasteiger partial charge in [-0.25, -0.2) is 9.37 Å². The third kappa shape index (κ3) is 4.40. The van der Waals surface area contributed by atoms with Crippen LogP contribution in [-0.4, -0.2) is 16.9 Å². The lowest BCUT2D eigenvalue weighted by Gasteiger charge is -2.27.